The molecule has 4 N–H and O–H groups in total. The largest absolute Gasteiger partial charge is 0.384 e. The molecule has 0 spiro atoms. The molecule has 0 aliphatic carbocycles. The van der Waals surface area contributed by atoms with Crippen LogP contribution in [0.5, 0.6) is 0 Å². The van der Waals surface area contributed by atoms with Gasteiger partial charge in [0.05, 0.1) is 0 Å². The summed E-state index contributed by atoms with van der Waals surface area (Å²) in [6.07, 6.45) is -0.559. The van der Waals surface area contributed by atoms with E-state index in [1.165, 1.54) is 18.2 Å². The second kappa shape index (κ2) is 8.39. The molecule has 2 aliphatic rings. The molecule has 36 heavy (non-hydrogen) atoms. The quantitative estimate of drug-likeness (QED) is 0.265. The number of ether oxygens (including phenoxy) is 1. The molecule has 0 fully saturated rings. The first-order chi connectivity index (χ1) is 17.4. The number of nitrogen functional groups attached to an aromatic ring is 1. The van der Waals surface area contributed by atoms with E-state index in [1.54, 1.807) is 30.3 Å². The molecular weight excluding hydrogens is 460 g/mol. The van der Waals surface area contributed by atoms with Crippen molar-refractivity contribution in [3.8, 4) is 11.1 Å². The van der Waals surface area contributed by atoms with Crippen LogP contribution < -0.4 is 11.1 Å². The summed E-state index contributed by atoms with van der Waals surface area (Å²) in [5, 5.41) is 10.2. The minimum absolute atomic E-state index is 0.00266. The maximum atomic E-state index is 14.4. The lowest BCUT2D eigenvalue weighted by Crippen LogP contribution is -2.24. The highest BCUT2D eigenvalue weighted by atomic mass is 19.1. The number of benzene rings is 4. The minimum Gasteiger partial charge on any atom is -0.384 e. The number of rotatable bonds is 5. The summed E-state index contributed by atoms with van der Waals surface area (Å²) in [6.45, 7) is -0.00266. The zero-order valence-corrected chi connectivity index (χ0v) is 19.0. The minimum atomic E-state index is -0.537. The summed E-state index contributed by atoms with van der Waals surface area (Å²) in [6, 6.07) is 22.2. The number of halogens is 2. The normalized spacial score (nSPS) is 16.9. The average molecular weight is 482 g/mol. The number of nitrogens with one attached hydrogen (secondary N) is 2. The Balaban J connectivity index is 1.24. The SMILES string of the molecule is N=C(N)c1ccc(CNC(=O)c2ccc3c(c2)[C@@H]2O[C@H]3c3ccc(-c4ccccc4F)cc32)c(F)c1. The fourth-order valence-corrected chi connectivity index (χ4v) is 4.99. The lowest BCUT2D eigenvalue weighted by atomic mass is 9.83. The molecule has 0 unspecified atom stereocenters. The highest BCUT2D eigenvalue weighted by Crippen LogP contribution is 2.54. The number of hydrogen-bond donors (Lipinski definition) is 3. The van der Waals surface area contributed by atoms with E-state index in [9.17, 15) is 13.6 Å². The van der Waals surface area contributed by atoms with Crippen LogP contribution in [0.2, 0.25) is 0 Å². The summed E-state index contributed by atoms with van der Waals surface area (Å²) in [5.74, 6) is -1.38. The van der Waals surface area contributed by atoms with Crippen molar-refractivity contribution in [1.82, 2.24) is 5.32 Å². The Bertz CT molecular complexity index is 1570. The van der Waals surface area contributed by atoms with E-state index < -0.39 is 5.82 Å². The third-order valence-corrected chi connectivity index (χ3v) is 6.83. The summed E-state index contributed by atoms with van der Waals surface area (Å²) in [7, 11) is 0. The molecule has 4 aromatic rings. The Morgan fingerprint density at radius 2 is 1.53 bits per heavy atom. The first-order valence-electron chi connectivity index (χ1n) is 11.5. The number of carbonyl (C=O) groups is 1. The topological polar surface area (TPSA) is 88.2 Å². The first kappa shape index (κ1) is 22.1. The number of amidine groups is 1. The van der Waals surface area contributed by atoms with Crippen molar-refractivity contribution in [3.05, 3.63) is 129 Å². The van der Waals surface area contributed by atoms with E-state index in [1.807, 2.05) is 30.3 Å². The van der Waals surface area contributed by atoms with E-state index in [0.29, 0.717) is 16.7 Å². The molecular formula is C29H21F2N3O2. The van der Waals surface area contributed by atoms with Crippen LogP contribution in [0.15, 0.2) is 78.9 Å². The number of nitrogens with two attached hydrogens (primary N) is 1. The molecule has 1 amide bonds. The fourth-order valence-electron chi connectivity index (χ4n) is 4.99. The standard InChI is InChI=1S/C29H21F2N3O2/c30-24-4-2-1-3-19(24)15-7-9-20-22(11-15)27-23-12-17(8-10-21(23)26(20)36-27)29(35)34-14-18-6-5-16(28(32)33)13-25(18)31/h1-13,26-27H,14H2,(H3,32,33)(H,34,35)/t26-,27+/m0/s1. The van der Waals surface area contributed by atoms with Crippen LogP contribution >= 0.6 is 0 Å². The van der Waals surface area contributed by atoms with E-state index in [-0.39, 0.29) is 41.9 Å². The molecule has 0 saturated carbocycles. The van der Waals surface area contributed by atoms with Crippen LogP contribution in [0.1, 0.15) is 55.9 Å². The molecule has 2 bridgehead atoms. The zero-order chi connectivity index (χ0) is 25.0. The number of hydrogen-bond acceptors (Lipinski definition) is 3. The van der Waals surface area contributed by atoms with Crippen LogP contribution in [0.4, 0.5) is 8.78 Å². The Kier molecular flexibility index (Phi) is 5.16. The Morgan fingerprint density at radius 1 is 0.833 bits per heavy atom. The van der Waals surface area contributed by atoms with Gasteiger partial charge in [-0.3, -0.25) is 10.2 Å². The summed E-state index contributed by atoms with van der Waals surface area (Å²) < 4.78 is 34.9. The van der Waals surface area contributed by atoms with Gasteiger partial charge in [0, 0.05) is 28.8 Å². The van der Waals surface area contributed by atoms with Crippen LogP contribution in [-0.2, 0) is 11.3 Å². The summed E-state index contributed by atoms with van der Waals surface area (Å²) in [4.78, 5) is 12.9. The van der Waals surface area contributed by atoms with Crippen molar-refractivity contribution >= 4 is 11.7 Å². The molecule has 0 saturated heterocycles. The van der Waals surface area contributed by atoms with Gasteiger partial charge in [-0.1, -0.05) is 48.5 Å². The third kappa shape index (κ3) is 3.56. The Hall–Kier alpha value is -4.36. The molecule has 2 heterocycles. The van der Waals surface area contributed by atoms with Crippen LogP contribution in [0.25, 0.3) is 11.1 Å². The van der Waals surface area contributed by atoms with Gasteiger partial charge in [-0.05, 0) is 58.1 Å². The monoisotopic (exact) mass is 481 g/mol. The first-order valence-corrected chi connectivity index (χ1v) is 11.5. The second-order valence-corrected chi connectivity index (χ2v) is 8.97. The van der Waals surface area contributed by atoms with Gasteiger partial charge in [-0.2, -0.15) is 0 Å². The smallest absolute Gasteiger partial charge is 0.251 e. The lowest BCUT2D eigenvalue weighted by molar-refractivity contribution is 0.0857. The maximum absolute atomic E-state index is 14.4. The molecule has 5 nitrogen and oxygen atoms in total. The third-order valence-electron chi connectivity index (χ3n) is 6.83. The molecule has 0 radical (unpaired) electrons. The summed E-state index contributed by atoms with van der Waals surface area (Å²) >= 11 is 0. The average Bonchev–Trinajstić information content (AvgIpc) is 3.45. The van der Waals surface area contributed by atoms with Gasteiger partial charge < -0.3 is 15.8 Å². The van der Waals surface area contributed by atoms with Crippen molar-refractivity contribution < 1.29 is 18.3 Å². The van der Waals surface area contributed by atoms with E-state index in [0.717, 1.165) is 27.8 Å². The van der Waals surface area contributed by atoms with Crippen molar-refractivity contribution in [2.24, 2.45) is 5.73 Å². The molecule has 4 aromatic carbocycles. The zero-order valence-electron chi connectivity index (χ0n) is 19.0. The Labute approximate surface area is 206 Å². The second-order valence-electron chi connectivity index (χ2n) is 8.97. The maximum Gasteiger partial charge on any atom is 0.251 e. The van der Waals surface area contributed by atoms with Gasteiger partial charge in [0.25, 0.3) is 5.91 Å². The Morgan fingerprint density at radius 3 is 2.28 bits per heavy atom. The van der Waals surface area contributed by atoms with Crippen LogP contribution in [0, 0.1) is 17.0 Å². The van der Waals surface area contributed by atoms with Crippen LogP contribution in [-0.4, -0.2) is 11.7 Å². The van der Waals surface area contributed by atoms with E-state index >= 15 is 0 Å². The molecule has 7 heteroatoms. The van der Waals surface area contributed by atoms with Gasteiger partial charge in [-0.25, -0.2) is 8.78 Å². The van der Waals surface area contributed by atoms with Crippen molar-refractivity contribution in [1.29, 1.82) is 5.41 Å². The van der Waals surface area contributed by atoms with Gasteiger partial charge >= 0.3 is 0 Å². The van der Waals surface area contributed by atoms with E-state index in [4.69, 9.17) is 15.9 Å². The van der Waals surface area contributed by atoms with E-state index in [2.05, 4.69) is 5.32 Å². The van der Waals surface area contributed by atoms with Crippen LogP contribution in [0.3, 0.4) is 0 Å². The molecule has 178 valence electrons. The number of carbonyl (C=O) groups excluding carboxylic acids is 1. The summed E-state index contributed by atoms with van der Waals surface area (Å²) in [5.41, 5.74) is 11.7. The van der Waals surface area contributed by atoms with Crippen molar-refractivity contribution in [3.63, 3.8) is 0 Å². The number of amides is 1. The fraction of sp³-hybridized carbons (Fsp3) is 0.103. The highest BCUT2D eigenvalue weighted by molar-refractivity contribution is 5.95. The predicted molar refractivity (Wildman–Crippen MR) is 132 cm³/mol. The van der Waals surface area contributed by atoms with Crippen molar-refractivity contribution in [2.75, 3.05) is 0 Å². The molecule has 2 aliphatic heterocycles. The van der Waals surface area contributed by atoms with Gasteiger partial charge in [-0.15, -0.1) is 0 Å². The predicted octanol–water partition coefficient (Wildman–Crippen LogP) is 5.37. The molecule has 0 aromatic heterocycles. The molecule has 6 rings (SSSR count). The highest BCUT2D eigenvalue weighted by Gasteiger charge is 2.43. The number of fused-ring (bicyclic) bond motifs is 8. The molecule has 2 atom stereocenters. The lowest BCUT2D eigenvalue weighted by Gasteiger charge is -2.18. The van der Waals surface area contributed by atoms with Gasteiger partial charge in [0.15, 0.2) is 0 Å². The van der Waals surface area contributed by atoms with Crippen molar-refractivity contribution in [2.45, 2.75) is 18.8 Å². The van der Waals surface area contributed by atoms with Gasteiger partial charge in [0.2, 0.25) is 0 Å². The van der Waals surface area contributed by atoms with Gasteiger partial charge in [0.1, 0.15) is 29.7 Å².